The Balaban J connectivity index is 2.06. The van der Waals surface area contributed by atoms with Crippen molar-refractivity contribution in [1.29, 1.82) is 0 Å². The third kappa shape index (κ3) is 3.59. The van der Waals surface area contributed by atoms with Gasteiger partial charge >= 0.3 is 5.97 Å². The number of rotatable bonds is 6. The van der Waals surface area contributed by atoms with Gasteiger partial charge in [-0.1, -0.05) is 6.92 Å². The number of carbonyl (C=O) groups is 2. The van der Waals surface area contributed by atoms with E-state index in [4.69, 9.17) is 5.11 Å². The van der Waals surface area contributed by atoms with Crippen LogP contribution in [0.25, 0.3) is 11.0 Å². The van der Waals surface area contributed by atoms with Crippen molar-refractivity contribution in [2.24, 2.45) is 0 Å². The lowest BCUT2D eigenvalue weighted by Gasteiger charge is -2.11. The Morgan fingerprint density at radius 1 is 1.43 bits per heavy atom. The number of fused-ring (bicyclic) bond motifs is 1. The van der Waals surface area contributed by atoms with Crippen LogP contribution in [0.2, 0.25) is 0 Å². The normalized spacial score (nSPS) is 12.3. The molecular weight excluding hydrogens is 270 g/mol. The minimum atomic E-state index is -0.973. The SMILES string of the molecule is CCC(C)NC(=O)CCn1cnc2cc(C(=O)O)ccc21. The summed E-state index contributed by atoms with van der Waals surface area (Å²) in [6.07, 6.45) is 2.90. The Kier molecular flexibility index (Phi) is 4.57. The molecule has 1 aromatic carbocycles. The number of nitrogens with zero attached hydrogens (tertiary/aromatic N) is 2. The van der Waals surface area contributed by atoms with Crippen molar-refractivity contribution >= 4 is 22.9 Å². The Bertz CT molecular complexity index is 663. The van der Waals surface area contributed by atoms with Crippen LogP contribution in [0.5, 0.6) is 0 Å². The predicted molar refractivity (Wildman–Crippen MR) is 79.2 cm³/mol. The number of aromatic carboxylic acids is 1. The largest absolute Gasteiger partial charge is 0.478 e. The quantitative estimate of drug-likeness (QED) is 0.852. The Hall–Kier alpha value is -2.37. The number of carboxylic acids is 1. The first-order valence-corrected chi connectivity index (χ1v) is 6.98. The number of carbonyl (C=O) groups excluding carboxylic acids is 1. The average Bonchev–Trinajstić information content (AvgIpc) is 2.87. The molecule has 1 heterocycles. The van der Waals surface area contributed by atoms with Gasteiger partial charge in [0, 0.05) is 19.0 Å². The fourth-order valence-corrected chi connectivity index (χ4v) is 2.05. The molecule has 112 valence electrons. The van der Waals surface area contributed by atoms with Gasteiger partial charge in [0.1, 0.15) is 0 Å². The van der Waals surface area contributed by atoms with Crippen LogP contribution in [0.1, 0.15) is 37.0 Å². The summed E-state index contributed by atoms with van der Waals surface area (Å²) in [6.45, 7) is 4.51. The molecule has 1 atom stereocenters. The lowest BCUT2D eigenvalue weighted by atomic mass is 10.2. The molecule has 6 heteroatoms. The van der Waals surface area contributed by atoms with Crippen molar-refractivity contribution in [2.45, 2.75) is 39.3 Å². The number of aromatic nitrogens is 2. The smallest absolute Gasteiger partial charge is 0.335 e. The lowest BCUT2D eigenvalue weighted by Crippen LogP contribution is -2.32. The maximum atomic E-state index is 11.8. The molecule has 6 nitrogen and oxygen atoms in total. The molecule has 0 spiro atoms. The molecule has 0 aliphatic carbocycles. The van der Waals surface area contributed by atoms with Gasteiger partial charge in [-0.25, -0.2) is 9.78 Å². The Morgan fingerprint density at radius 2 is 2.19 bits per heavy atom. The highest BCUT2D eigenvalue weighted by Gasteiger charge is 2.10. The second kappa shape index (κ2) is 6.39. The third-order valence-electron chi connectivity index (χ3n) is 3.47. The van der Waals surface area contributed by atoms with Crippen molar-refractivity contribution in [2.75, 3.05) is 0 Å². The minimum absolute atomic E-state index is 0.00774. The molecule has 2 N–H and O–H groups in total. The van der Waals surface area contributed by atoms with E-state index in [2.05, 4.69) is 10.3 Å². The molecule has 0 saturated heterocycles. The van der Waals surface area contributed by atoms with Crippen LogP contribution in [0, 0.1) is 0 Å². The fraction of sp³-hybridized carbons (Fsp3) is 0.400. The van der Waals surface area contributed by atoms with Crippen molar-refractivity contribution in [3.63, 3.8) is 0 Å². The molecular formula is C15H19N3O3. The topological polar surface area (TPSA) is 84.2 Å². The summed E-state index contributed by atoms with van der Waals surface area (Å²) in [6, 6.07) is 4.98. The van der Waals surface area contributed by atoms with Gasteiger partial charge in [-0.3, -0.25) is 4.79 Å². The van der Waals surface area contributed by atoms with Gasteiger partial charge in [-0.15, -0.1) is 0 Å². The van der Waals surface area contributed by atoms with Crippen molar-refractivity contribution in [1.82, 2.24) is 14.9 Å². The summed E-state index contributed by atoms with van der Waals surface area (Å²) in [5.74, 6) is -0.965. The number of amides is 1. The maximum Gasteiger partial charge on any atom is 0.335 e. The van der Waals surface area contributed by atoms with Crippen LogP contribution in [-0.4, -0.2) is 32.6 Å². The molecule has 2 aromatic rings. The van der Waals surface area contributed by atoms with E-state index in [0.29, 0.717) is 18.5 Å². The number of imidazole rings is 1. The molecule has 0 saturated carbocycles. The summed E-state index contributed by atoms with van der Waals surface area (Å²) in [5, 5.41) is 11.9. The average molecular weight is 289 g/mol. The van der Waals surface area contributed by atoms with Gasteiger partial charge in [0.05, 0.1) is 22.9 Å². The second-order valence-electron chi connectivity index (χ2n) is 5.07. The molecule has 1 amide bonds. The van der Waals surface area contributed by atoms with Crippen LogP contribution in [0.15, 0.2) is 24.5 Å². The minimum Gasteiger partial charge on any atom is -0.478 e. The second-order valence-corrected chi connectivity index (χ2v) is 5.07. The standard InChI is InChI=1S/C15H19N3O3/c1-3-10(2)17-14(19)6-7-18-9-16-12-8-11(15(20)21)4-5-13(12)18/h4-5,8-10H,3,6-7H2,1-2H3,(H,17,19)(H,20,21). The van der Waals surface area contributed by atoms with Gasteiger partial charge in [0.15, 0.2) is 0 Å². The van der Waals surface area contributed by atoms with E-state index in [9.17, 15) is 9.59 Å². The van der Waals surface area contributed by atoms with E-state index in [1.165, 1.54) is 6.07 Å². The molecule has 1 unspecified atom stereocenters. The highest BCUT2D eigenvalue weighted by molar-refractivity contribution is 5.92. The number of aryl methyl sites for hydroxylation is 1. The van der Waals surface area contributed by atoms with Crippen LogP contribution in [-0.2, 0) is 11.3 Å². The van der Waals surface area contributed by atoms with Crippen LogP contribution in [0.4, 0.5) is 0 Å². The zero-order valence-corrected chi connectivity index (χ0v) is 12.2. The highest BCUT2D eigenvalue weighted by atomic mass is 16.4. The Morgan fingerprint density at radius 3 is 2.86 bits per heavy atom. The van der Waals surface area contributed by atoms with Gasteiger partial charge in [0.2, 0.25) is 5.91 Å². The monoisotopic (exact) mass is 289 g/mol. The summed E-state index contributed by atoms with van der Waals surface area (Å²) >= 11 is 0. The van der Waals surface area contributed by atoms with Gasteiger partial charge < -0.3 is 15.0 Å². The van der Waals surface area contributed by atoms with Crippen LogP contribution in [0.3, 0.4) is 0 Å². The van der Waals surface area contributed by atoms with E-state index in [0.717, 1.165) is 11.9 Å². The van der Waals surface area contributed by atoms with E-state index >= 15 is 0 Å². The van der Waals surface area contributed by atoms with Crippen molar-refractivity contribution < 1.29 is 14.7 Å². The molecule has 2 rings (SSSR count). The molecule has 0 fully saturated rings. The van der Waals surface area contributed by atoms with Crippen molar-refractivity contribution in [3.05, 3.63) is 30.1 Å². The number of hydrogen-bond donors (Lipinski definition) is 2. The summed E-state index contributed by atoms with van der Waals surface area (Å²) in [4.78, 5) is 26.9. The zero-order chi connectivity index (χ0) is 15.4. The summed E-state index contributed by atoms with van der Waals surface area (Å²) < 4.78 is 1.86. The maximum absolute atomic E-state index is 11.8. The number of benzene rings is 1. The summed E-state index contributed by atoms with van der Waals surface area (Å²) in [5.41, 5.74) is 1.66. The van der Waals surface area contributed by atoms with E-state index in [1.807, 2.05) is 18.4 Å². The molecule has 0 aliphatic heterocycles. The van der Waals surface area contributed by atoms with E-state index in [-0.39, 0.29) is 17.5 Å². The molecule has 0 bridgehead atoms. The highest BCUT2D eigenvalue weighted by Crippen LogP contribution is 2.15. The molecule has 1 aromatic heterocycles. The molecule has 0 radical (unpaired) electrons. The third-order valence-corrected chi connectivity index (χ3v) is 3.47. The predicted octanol–water partition coefficient (Wildman–Crippen LogP) is 2.04. The number of carboxylic acid groups (broad SMARTS) is 1. The van der Waals surface area contributed by atoms with Gasteiger partial charge in [-0.05, 0) is 31.5 Å². The van der Waals surface area contributed by atoms with Crippen molar-refractivity contribution in [3.8, 4) is 0 Å². The first-order valence-electron chi connectivity index (χ1n) is 6.98. The van der Waals surface area contributed by atoms with Crippen LogP contribution >= 0.6 is 0 Å². The summed E-state index contributed by atoms with van der Waals surface area (Å²) in [7, 11) is 0. The Labute approximate surface area is 122 Å². The fourth-order valence-electron chi connectivity index (χ4n) is 2.05. The van der Waals surface area contributed by atoms with Gasteiger partial charge in [-0.2, -0.15) is 0 Å². The number of nitrogens with one attached hydrogen (secondary N) is 1. The first kappa shape index (κ1) is 15.0. The zero-order valence-electron chi connectivity index (χ0n) is 12.2. The first-order chi connectivity index (χ1) is 10.0. The lowest BCUT2D eigenvalue weighted by molar-refractivity contribution is -0.121. The molecule has 0 aliphatic rings. The van der Waals surface area contributed by atoms with Gasteiger partial charge in [0.25, 0.3) is 0 Å². The van der Waals surface area contributed by atoms with E-state index in [1.54, 1.807) is 18.5 Å². The number of hydrogen-bond acceptors (Lipinski definition) is 3. The molecule has 21 heavy (non-hydrogen) atoms. The van der Waals surface area contributed by atoms with E-state index < -0.39 is 5.97 Å². The van der Waals surface area contributed by atoms with Crippen LogP contribution < -0.4 is 5.32 Å².